The molecule has 0 saturated carbocycles. The Morgan fingerprint density at radius 1 is 0.857 bits per heavy atom. The fraction of sp³-hybridized carbons (Fsp3) is 0. The first kappa shape index (κ1) is 8.74. The summed E-state index contributed by atoms with van der Waals surface area (Å²) in [6, 6.07) is 3.68. The molecule has 0 bridgehead atoms. The summed E-state index contributed by atoms with van der Waals surface area (Å²) in [6.45, 7) is 0. The molecule has 0 spiro atoms. The lowest BCUT2D eigenvalue weighted by Crippen LogP contribution is -1.86. The second-order valence-electron chi connectivity index (χ2n) is 2.76. The van der Waals surface area contributed by atoms with Crippen molar-refractivity contribution in [3.63, 3.8) is 0 Å². The Labute approximate surface area is 79.3 Å². The SMILES string of the molecule is Fc1ccc(-c2cncnc2)cc1F. The van der Waals surface area contributed by atoms with Crippen molar-refractivity contribution in [2.45, 2.75) is 0 Å². The highest BCUT2D eigenvalue weighted by Gasteiger charge is 2.03. The van der Waals surface area contributed by atoms with Crippen LogP contribution in [0, 0.1) is 11.6 Å². The molecule has 0 unspecified atom stereocenters. The largest absolute Gasteiger partial charge is 0.244 e. The highest BCUT2D eigenvalue weighted by atomic mass is 19.2. The van der Waals surface area contributed by atoms with Gasteiger partial charge in [0.2, 0.25) is 0 Å². The van der Waals surface area contributed by atoms with Crippen LogP contribution < -0.4 is 0 Å². The first-order valence-electron chi connectivity index (χ1n) is 3.98. The molecule has 0 N–H and O–H groups in total. The van der Waals surface area contributed by atoms with Crippen LogP contribution >= 0.6 is 0 Å². The van der Waals surface area contributed by atoms with Crippen LogP contribution in [0.15, 0.2) is 36.9 Å². The van der Waals surface area contributed by atoms with Gasteiger partial charge in [-0.1, -0.05) is 6.07 Å². The van der Waals surface area contributed by atoms with Crippen molar-refractivity contribution in [1.82, 2.24) is 9.97 Å². The first-order valence-corrected chi connectivity index (χ1v) is 3.98. The minimum Gasteiger partial charge on any atom is -0.244 e. The summed E-state index contributed by atoms with van der Waals surface area (Å²) < 4.78 is 25.5. The van der Waals surface area contributed by atoms with Crippen molar-refractivity contribution in [3.8, 4) is 11.1 Å². The van der Waals surface area contributed by atoms with Gasteiger partial charge in [0.05, 0.1) is 0 Å². The molecule has 0 aliphatic carbocycles. The van der Waals surface area contributed by atoms with Gasteiger partial charge in [-0.05, 0) is 17.7 Å². The average molecular weight is 192 g/mol. The predicted octanol–water partition coefficient (Wildman–Crippen LogP) is 2.42. The van der Waals surface area contributed by atoms with Crippen LogP contribution in [0.4, 0.5) is 8.78 Å². The van der Waals surface area contributed by atoms with Gasteiger partial charge in [-0.3, -0.25) is 0 Å². The Bertz CT molecular complexity index is 443. The van der Waals surface area contributed by atoms with Crippen molar-refractivity contribution in [2.75, 3.05) is 0 Å². The van der Waals surface area contributed by atoms with Crippen molar-refractivity contribution in [2.24, 2.45) is 0 Å². The molecule has 2 rings (SSSR count). The van der Waals surface area contributed by atoms with Crippen molar-refractivity contribution >= 4 is 0 Å². The molecule has 4 heteroatoms. The second-order valence-corrected chi connectivity index (χ2v) is 2.76. The van der Waals surface area contributed by atoms with Gasteiger partial charge in [-0.15, -0.1) is 0 Å². The van der Waals surface area contributed by atoms with E-state index in [2.05, 4.69) is 9.97 Å². The fourth-order valence-corrected chi connectivity index (χ4v) is 1.12. The number of hydrogen-bond donors (Lipinski definition) is 0. The topological polar surface area (TPSA) is 25.8 Å². The zero-order valence-electron chi connectivity index (χ0n) is 7.11. The Morgan fingerprint density at radius 3 is 2.21 bits per heavy atom. The van der Waals surface area contributed by atoms with Crippen LogP contribution in [0.25, 0.3) is 11.1 Å². The van der Waals surface area contributed by atoms with Gasteiger partial charge in [0.25, 0.3) is 0 Å². The number of benzene rings is 1. The van der Waals surface area contributed by atoms with Crippen molar-refractivity contribution in [3.05, 3.63) is 48.6 Å². The molecule has 1 heterocycles. The Kier molecular flexibility index (Phi) is 2.18. The van der Waals surface area contributed by atoms with Crippen LogP contribution in [0.3, 0.4) is 0 Å². The van der Waals surface area contributed by atoms with Crippen molar-refractivity contribution in [1.29, 1.82) is 0 Å². The lowest BCUT2D eigenvalue weighted by atomic mass is 10.1. The Morgan fingerprint density at radius 2 is 1.57 bits per heavy atom. The maximum absolute atomic E-state index is 12.8. The van der Waals surface area contributed by atoms with Gasteiger partial charge in [0.1, 0.15) is 6.33 Å². The fourth-order valence-electron chi connectivity index (χ4n) is 1.12. The van der Waals surface area contributed by atoms with Crippen LogP contribution in [0.1, 0.15) is 0 Å². The van der Waals surface area contributed by atoms with Crippen LogP contribution in [0.5, 0.6) is 0 Å². The molecule has 0 saturated heterocycles. The third kappa shape index (κ3) is 1.59. The van der Waals surface area contributed by atoms with Crippen LogP contribution in [-0.2, 0) is 0 Å². The molecule has 0 radical (unpaired) electrons. The maximum atomic E-state index is 12.8. The van der Waals surface area contributed by atoms with E-state index in [1.54, 1.807) is 12.4 Å². The average Bonchev–Trinajstić information content (AvgIpc) is 2.23. The van der Waals surface area contributed by atoms with E-state index in [0.717, 1.165) is 12.1 Å². The van der Waals surface area contributed by atoms with E-state index in [1.807, 2.05) is 0 Å². The second kappa shape index (κ2) is 3.49. The molecule has 0 aliphatic heterocycles. The standard InChI is InChI=1S/C10H6F2N2/c11-9-2-1-7(3-10(9)12)8-4-13-6-14-5-8/h1-6H. The van der Waals surface area contributed by atoms with Gasteiger partial charge >= 0.3 is 0 Å². The van der Waals surface area contributed by atoms with Gasteiger partial charge in [-0.25, -0.2) is 18.7 Å². The third-order valence-corrected chi connectivity index (χ3v) is 1.81. The number of aromatic nitrogens is 2. The molecule has 1 aromatic heterocycles. The summed E-state index contributed by atoms with van der Waals surface area (Å²) in [5.74, 6) is -1.73. The summed E-state index contributed by atoms with van der Waals surface area (Å²) in [7, 11) is 0. The summed E-state index contributed by atoms with van der Waals surface area (Å²) in [4.78, 5) is 7.57. The van der Waals surface area contributed by atoms with Gasteiger partial charge in [0, 0.05) is 18.0 Å². The number of halogens is 2. The lowest BCUT2D eigenvalue weighted by Gasteiger charge is -2.00. The van der Waals surface area contributed by atoms with E-state index >= 15 is 0 Å². The zero-order chi connectivity index (χ0) is 9.97. The minimum absolute atomic E-state index is 0.560. The van der Waals surface area contributed by atoms with E-state index in [1.165, 1.54) is 12.4 Å². The zero-order valence-corrected chi connectivity index (χ0v) is 7.11. The molecule has 2 nitrogen and oxygen atoms in total. The number of nitrogens with zero attached hydrogens (tertiary/aromatic N) is 2. The molecule has 0 fully saturated rings. The van der Waals surface area contributed by atoms with Crippen LogP contribution in [0.2, 0.25) is 0 Å². The molecule has 0 aliphatic rings. The van der Waals surface area contributed by atoms with E-state index in [9.17, 15) is 8.78 Å². The lowest BCUT2D eigenvalue weighted by molar-refractivity contribution is 0.509. The highest BCUT2D eigenvalue weighted by Crippen LogP contribution is 2.19. The first-order chi connectivity index (χ1) is 6.77. The summed E-state index contributed by atoms with van der Waals surface area (Å²) >= 11 is 0. The Hall–Kier alpha value is -1.84. The smallest absolute Gasteiger partial charge is 0.159 e. The minimum atomic E-state index is -0.869. The van der Waals surface area contributed by atoms with Crippen LogP contribution in [-0.4, -0.2) is 9.97 Å². The van der Waals surface area contributed by atoms with Crippen molar-refractivity contribution < 1.29 is 8.78 Å². The molecule has 2 aromatic rings. The van der Waals surface area contributed by atoms with E-state index in [0.29, 0.717) is 11.1 Å². The molecular formula is C10H6F2N2. The predicted molar refractivity (Wildman–Crippen MR) is 47.4 cm³/mol. The van der Waals surface area contributed by atoms with Gasteiger partial charge in [0.15, 0.2) is 11.6 Å². The molecule has 14 heavy (non-hydrogen) atoms. The summed E-state index contributed by atoms with van der Waals surface area (Å²) in [5, 5.41) is 0. The summed E-state index contributed by atoms with van der Waals surface area (Å²) in [5.41, 5.74) is 1.22. The van der Waals surface area contributed by atoms with Gasteiger partial charge < -0.3 is 0 Å². The normalized spacial score (nSPS) is 10.1. The Balaban J connectivity index is 2.48. The van der Waals surface area contributed by atoms with Gasteiger partial charge in [-0.2, -0.15) is 0 Å². The quantitative estimate of drug-likeness (QED) is 0.693. The molecule has 0 atom stereocenters. The van der Waals surface area contributed by atoms with E-state index in [-0.39, 0.29) is 0 Å². The number of rotatable bonds is 1. The summed E-state index contributed by atoms with van der Waals surface area (Å²) in [6.07, 6.45) is 4.46. The molecular weight excluding hydrogens is 186 g/mol. The maximum Gasteiger partial charge on any atom is 0.159 e. The molecule has 70 valence electrons. The monoisotopic (exact) mass is 192 g/mol. The molecule has 0 amide bonds. The number of hydrogen-bond acceptors (Lipinski definition) is 2. The third-order valence-electron chi connectivity index (χ3n) is 1.81. The van der Waals surface area contributed by atoms with E-state index in [4.69, 9.17) is 0 Å². The van der Waals surface area contributed by atoms with E-state index < -0.39 is 11.6 Å². The molecule has 1 aromatic carbocycles. The highest BCUT2D eigenvalue weighted by molar-refractivity contribution is 5.61.